The highest BCUT2D eigenvalue weighted by Crippen LogP contribution is 2.35. The predicted molar refractivity (Wildman–Crippen MR) is 63.2 cm³/mol. The maximum absolute atomic E-state index is 11.2. The molecule has 0 aliphatic rings. The van der Waals surface area contributed by atoms with Gasteiger partial charge in [-0.25, -0.2) is 10.0 Å². The van der Waals surface area contributed by atoms with Crippen LogP contribution in [0.4, 0.5) is 0 Å². The molecule has 0 saturated heterocycles. The number of carbonyl (C=O) groups excluding carboxylic acids is 2. The van der Waals surface area contributed by atoms with Gasteiger partial charge in [-0.1, -0.05) is 0 Å². The molecule has 0 heterocycles. The lowest BCUT2D eigenvalue weighted by molar-refractivity contribution is -0.121. The molecule has 0 aromatic carbocycles. The summed E-state index contributed by atoms with van der Waals surface area (Å²) < 4.78 is 0. The molecular formula is C10H21NO2S. The molecule has 0 atom stereocenters. The lowest BCUT2D eigenvalue weighted by Gasteiger charge is -2.24. The molecule has 0 aromatic heterocycles. The van der Waals surface area contributed by atoms with E-state index < -0.39 is 10.0 Å². The first-order valence-corrected chi connectivity index (χ1v) is 7.85. The fourth-order valence-corrected chi connectivity index (χ4v) is 2.04. The Bertz CT molecular complexity index is 187. The molecule has 1 N–H and O–H groups in total. The molecule has 0 saturated carbocycles. The molecule has 14 heavy (non-hydrogen) atoms. The van der Waals surface area contributed by atoms with Crippen molar-refractivity contribution < 1.29 is 9.59 Å². The first-order chi connectivity index (χ1) is 6.45. The van der Waals surface area contributed by atoms with Crippen molar-refractivity contribution in [2.24, 2.45) is 0 Å². The zero-order chi connectivity index (χ0) is 11.0. The van der Waals surface area contributed by atoms with Gasteiger partial charge in [-0.2, -0.15) is 0 Å². The van der Waals surface area contributed by atoms with Crippen LogP contribution in [-0.2, 0) is 9.59 Å². The Balaban J connectivity index is 3.40. The smallest absolute Gasteiger partial charge is 0.220 e. The SMILES string of the molecule is CS(C)(C)CCCC(=O)NCCC=O. The molecule has 0 bridgehead atoms. The average Bonchev–Trinajstić information content (AvgIpc) is 2.02. The number of rotatable bonds is 7. The number of nitrogens with one attached hydrogen (secondary N) is 1. The topological polar surface area (TPSA) is 46.2 Å². The molecule has 0 rings (SSSR count). The van der Waals surface area contributed by atoms with E-state index in [2.05, 4.69) is 24.1 Å². The maximum Gasteiger partial charge on any atom is 0.220 e. The Morgan fingerprint density at radius 2 is 2.00 bits per heavy atom. The third kappa shape index (κ3) is 9.58. The van der Waals surface area contributed by atoms with Gasteiger partial charge in [0.1, 0.15) is 6.29 Å². The second-order valence-corrected chi connectivity index (χ2v) is 8.79. The summed E-state index contributed by atoms with van der Waals surface area (Å²) in [6, 6.07) is 0. The van der Waals surface area contributed by atoms with Gasteiger partial charge in [0, 0.05) is 19.4 Å². The van der Waals surface area contributed by atoms with Crippen molar-refractivity contribution in [3.8, 4) is 0 Å². The Kier molecular flexibility index (Phi) is 6.62. The summed E-state index contributed by atoms with van der Waals surface area (Å²) in [4.78, 5) is 21.2. The Morgan fingerprint density at radius 3 is 2.50 bits per heavy atom. The third-order valence-electron chi connectivity index (χ3n) is 1.74. The van der Waals surface area contributed by atoms with E-state index in [0.29, 0.717) is 19.4 Å². The van der Waals surface area contributed by atoms with Gasteiger partial charge >= 0.3 is 0 Å². The van der Waals surface area contributed by atoms with E-state index in [4.69, 9.17) is 0 Å². The van der Waals surface area contributed by atoms with E-state index in [-0.39, 0.29) is 5.91 Å². The molecule has 0 aromatic rings. The molecule has 84 valence electrons. The van der Waals surface area contributed by atoms with Crippen molar-refractivity contribution in [2.45, 2.75) is 19.3 Å². The van der Waals surface area contributed by atoms with Crippen LogP contribution in [0, 0.1) is 0 Å². The Labute approximate surface area is 88.0 Å². The zero-order valence-electron chi connectivity index (χ0n) is 9.34. The third-order valence-corrected chi connectivity index (χ3v) is 3.26. The number of hydrogen-bond acceptors (Lipinski definition) is 2. The normalized spacial score (nSPS) is 12.2. The highest BCUT2D eigenvalue weighted by atomic mass is 32.3. The molecule has 0 aliphatic carbocycles. The van der Waals surface area contributed by atoms with Crippen LogP contribution in [-0.4, -0.2) is 43.3 Å². The van der Waals surface area contributed by atoms with Gasteiger partial charge in [0.15, 0.2) is 0 Å². The monoisotopic (exact) mass is 219 g/mol. The minimum absolute atomic E-state index is 0.0653. The Hall–Kier alpha value is -0.510. The second-order valence-electron chi connectivity index (χ2n) is 4.20. The summed E-state index contributed by atoms with van der Waals surface area (Å²) in [5, 5.41) is 2.71. The van der Waals surface area contributed by atoms with Crippen molar-refractivity contribution in [3.05, 3.63) is 0 Å². The standard InChI is InChI=1S/C10H21NO2S/c1-14(2,3)9-4-6-10(13)11-7-5-8-12/h8H,4-7,9H2,1-3H3,(H,11,13). The van der Waals surface area contributed by atoms with Gasteiger partial charge < -0.3 is 10.1 Å². The van der Waals surface area contributed by atoms with Crippen molar-refractivity contribution in [3.63, 3.8) is 0 Å². The second kappa shape index (κ2) is 6.87. The summed E-state index contributed by atoms with van der Waals surface area (Å²) in [6.45, 7) is 0.477. The summed E-state index contributed by atoms with van der Waals surface area (Å²) in [5.41, 5.74) is 0. The van der Waals surface area contributed by atoms with Crippen LogP contribution in [0.5, 0.6) is 0 Å². The quantitative estimate of drug-likeness (QED) is 0.516. The lowest BCUT2D eigenvalue weighted by atomic mass is 10.3. The van der Waals surface area contributed by atoms with Crippen molar-refractivity contribution in [2.75, 3.05) is 31.1 Å². The van der Waals surface area contributed by atoms with Gasteiger partial charge in [0.2, 0.25) is 5.91 Å². The number of carbonyl (C=O) groups is 2. The van der Waals surface area contributed by atoms with Crippen LogP contribution in [0.3, 0.4) is 0 Å². The zero-order valence-corrected chi connectivity index (χ0v) is 10.2. The van der Waals surface area contributed by atoms with Crippen LogP contribution in [0.2, 0.25) is 0 Å². The molecule has 0 unspecified atom stereocenters. The van der Waals surface area contributed by atoms with Crippen LogP contribution in [0.25, 0.3) is 0 Å². The summed E-state index contributed by atoms with van der Waals surface area (Å²) in [5.74, 6) is 1.20. The average molecular weight is 219 g/mol. The van der Waals surface area contributed by atoms with Gasteiger partial charge in [-0.3, -0.25) is 4.79 Å². The first-order valence-electron chi connectivity index (χ1n) is 4.82. The number of aldehydes is 1. The molecule has 0 aliphatic heterocycles. The van der Waals surface area contributed by atoms with Crippen molar-refractivity contribution in [1.82, 2.24) is 5.32 Å². The lowest BCUT2D eigenvalue weighted by Crippen LogP contribution is -2.24. The van der Waals surface area contributed by atoms with Gasteiger partial charge in [-0.15, -0.1) is 0 Å². The minimum atomic E-state index is -0.481. The molecular weight excluding hydrogens is 198 g/mol. The molecule has 4 heteroatoms. The van der Waals surface area contributed by atoms with E-state index in [1.165, 1.54) is 0 Å². The van der Waals surface area contributed by atoms with Crippen molar-refractivity contribution >= 4 is 22.2 Å². The van der Waals surface area contributed by atoms with E-state index in [1.54, 1.807) is 0 Å². The molecule has 0 fully saturated rings. The Morgan fingerprint density at radius 1 is 1.36 bits per heavy atom. The number of hydrogen-bond donors (Lipinski definition) is 1. The van der Waals surface area contributed by atoms with Gasteiger partial charge in [0.05, 0.1) is 0 Å². The van der Waals surface area contributed by atoms with Gasteiger partial charge in [0.25, 0.3) is 0 Å². The fourth-order valence-electron chi connectivity index (χ4n) is 1.02. The molecule has 0 spiro atoms. The highest BCUT2D eigenvalue weighted by Gasteiger charge is 2.05. The van der Waals surface area contributed by atoms with E-state index in [0.717, 1.165) is 18.5 Å². The van der Waals surface area contributed by atoms with Gasteiger partial charge in [-0.05, 0) is 30.9 Å². The molecule has 1 amide bonds. The van der Waals surface area contributed by atoms with Crippen molar-refractivity contribution in [1.29, 1.82) is 0 Å². The van der Waals surface area contributed by atoms with Crippen LogP contribution >= 0.6 is 10.0 Å². The molecule has 3 nitrogen and oxygen atoms in total. The number of amides is 1. The summed E-state index contributed by atoms with van der Waals surface area (Å²) >= 11 is 0. The van der Waals surface area contributed by atoms with E-state index in [1.807, 2.05) is 0 Å². The van der Waals surface area contributed by atoms with Crippen LogP contribution in [0.1, 0.15) is 19.3 Å². The highest BCUT2D eigenvalue weighted by molar-refractivity contribution is 8.32. The summed E-state index contributed by atoms with van der Waals surface area (Å²) in [7, 11) is -0.481. The fraction of sp³-hybridized carbons (Fsp3) is 0.800. The summed E-state index contributed by atoms with van der Waals surface area (Å²) in [6.07, 6.45) is 9.51. The van der Waals surface area contributed by atoms with E-state index >= 15 is 0 Å². The van der Waals surface area contributed by atoms with Crippen LogP contribution < -0.4 is 5.32 Å². The minimum Gasteiger partial charge on any atom is -0.356 e. The predicted octanol–water partition coefficient (Wildman–Crippen LogP) is 1.17. The first kappa shape index (κ1) is 13.5. The van der Waals surface area contributed by atoms with Crippen LogP contribution in [0.15, 0.2) is 0 Å². The largest absolute Gasteiger partial charge is 0.356 e. The van der Waals surface area contributed by atoms with E-state index in [9.17, 15) is 9.59 Å². The maximum atomic E-state index is 11.2. The molecule has 0 radical (unpaired) electrons.